The van der Waals surface area contributed by atoms with Crippen molar-refractivity contribution in [3.63, 3.8) is 0 Å². The second kappa shape index (κ2) is 4.65. The lowest BCUT2D eigenvalue weighted by atomic mass is 10.3. The van der Waals surface area contributed by atoms with Crippen LogP contribution in [0.4, 0.5) is 11.5 Å². The van der Waals surface area contributed by atoms with Crippen LogP contribution in [0, 0.1) is 0 Å². The van der Waals surface area contributed by atoms with E-state index in [4.69, 9.17) is 28.9 Å². The zero-order valence-electron chi connectivity index (χ0n) is 8.50. The molecule has 1 aromatic heterocycles. The molecular weight excluding hydrogens is 263 g/mol. The summed E-state index contributed by atoms with van der Waals surface area (Å²) in [6, 6.07) is 6.21. The Bertz CT molecular complexity index is 567. The minimum atomic E-state index is -0.390. The number of nitrogen functional groups attached to an aromatic ring is 1. The second-order valence-corrected chi connectivity index (χ2v) is 4.13. The number of rotatable bonds is 2. The van der Waals surface area contributed by atoms with Crippen LogP contribution in [0.2, 0.25) is 10.0 Å². The minimum absolute atomic E-state index is 0.243. The van der Waals surface area contributed by atoms with E-state index in [-0.39, 0.29) is 11.5 Å². The molecule has 0 saturated carbocycles. The standard InChI is InChI=1S/C10H8Cl2N4O/c11-5-1-2-6(12)7(3-5)14-10(17)8-4-9(13)16-15-8/h1-4H,(H,14,17)(H3,13,15,16). The Balaban J connectivity index is 2.21. The predicted octanol–water partition coefficient (Wildman–Crippen LogP) is 2.55. The van der Waals surface area contributed by atoms with Gasteiger partial charge in [0, 0.05) is 11.1 Å². The van der Waals surface area contributed by atoms with Gasteiger partial charge in [-0.1, -0.05) is 23.2 Å². The number of carbonyl (C=O) groups excluding carboxylic acids is 1. The molecule has 0 aliphatic carbocycles. The molecule has 7 heteroatoms. The Kier molecular flexibility index (Phi) is 3.21. The predicted molar refractivity (Wildman–Crippen MR) is 67.4 cm³/mol. The van der Waals surface area contributed by atoms with E-state index in [1.807, 2.05) is 0 Å². The summed E-state index contributed by atoms with van der Waals surface area (Å²) in [4.78, 5) is 11.8. The third kappa shape index (κ3) is 2.69. The summed E-state index contributed by atoms with van der Waals surface area (Å²) in [6.07, 6.45) is 0. The molecule has 2 aromatic rings. The van der Waals surface area contributed by atoms with Crippen molar-refractivity contribution in [1.29, 1.82) is 0 Å². The fourth-order valence-corrected chi connectivity index (χ4v) is 1.57. The van der Waals surface area contributed by atoms with Gasteiger partial charge in [0.15, 0.2) is 0 Å². The zero-order valence-corrected chi connectivity index (χ0v) is 10.0. The van der Waals surface area contributed by atoms with Gasteiger partial charge in [0.05, 0.1) is 10.7 Å². The summed E-state index contributed by atoms with van der Waals surface area (Å²) >= 11 is 11.7. The van der Waals surface area contributed by atoms with Crippen LogP contribution in [-0.2, 0) is 0 Å². The molecule has 17 heavy (non-hydrogen) atoms. The van der Waals surface area contributed by atoms with E-state index in [0.717, 1.165) is 0 Å². The first kappa shape index (κ1) is 11.8. The lowest BCUT2D eigenvalue weighted by Crippen LogP contribution is -2.12. The molecule has 2 rings (SSSR count). The van der Waals surface area contributed by atoms with Gasteiger partial charge in [-0.05, 0) is 18.2 Å². The maximum Gasteiger partial charge on any atom is 0.273 e. The highest BCUT2D eigenvalue weighted by molar-refractivity contribution is 6.35. The van der Waals surface area contributed by atoms with Crippen LogP contribution in [0.1, 0.15) is 10.5 Å². The van der Waals surface area contributed by atoms with E-state index in [2.05, 4.69) is 15.5 Å². The number of nitrogens with one attached hydrogen (secondary N) is 2. The first-order valence-corrected chi connectivity index (χ1v) is 5.39. The van der Waals surface area contributed by atoms with Gasteiger partial charge in [0.2, 0.25) is 0 Å². The van der Waals surface area contributed by atoms with E-state index in [9.17, 15) is 4.79 Å². The lowest BCUT2D eigenvalue weighted by molar-refractivity contribution is 0.102. The molecule has 88 valence electrons. The summed E-state index contributed by atoms with van der Waals surface area (Å²) in [5.74, 6) is -0.147. The summed E-state index contributed by atoms with van der Waals surface area (Å²) in [6.45, 7) is 0. The zero-order chi connectivity index (χ0) is 12.4. The number of aromatic amines is 1. The average molecular weight is 271 g/mol. The molecule has 0 saturated heterocycles. The molecule has 0 fully saturated rings. The van der Waals surface area contributed by atoms with E-state index in [0.29, 0.717) is 15.7 Å². The van der Waals surface area contributed by atoms with E-state index in [1.165, 1.54) is 6.07 Å². The number of carbonyl (C=O) groups is 1. The molecule has 0 bridgehead atoms. The molecule has 4 N–H and O–H groups in total. The maximum absolute atomic E-state index is 11.8. The number of halogens is 2. The third-order valence-electron chi connectivity index (χ3n) is 2.02. The van der Waals surface area contributed by atoms with E-state index >= 15 is 0 Å². The van der Waals surface area contributed by atoms with Crippen LogP contribution in [0.25, 0.3) is 0 Å². The molecule has 1 heterocycles. The number of hydrogen-bond acceptors (Lipinski definition) is 3. The number of hydrogen-bond donors (Lipinski definition) is 3. The Labute approximate surface area is 107 Å². The highest BCUT2D eigenvalue weighted by Gasteiger charge is 2.11. The van der Waals surface area contributed by atoms with Crippen molar-refractivity contribution in [2.75, 3.05) is 11.1 Å². The highest BCUT2D eigenvalue weighted by Crippen LogP contribution is 2.25. The quantitative estimate of drug-likeness (QED) is 0.784. The first-order valence-electron chi connectivity index (χ1n) is 4.63. The van der Waals surface area contributed by atoms with Crippen molar-refractivity contribution in [2.24, 2.45) is 0 Å². The fourth-order valence-electron chi connectivity index (χ4n) is 1.24. The molecule has 0 aliphatic heterocycles. The van der Waals surface area contributed by atoms with Crippen molar-refractivity contribution in [3.05, 3.63) is 40.0 Å². The van der Waals surface area contributed by atoms with Gasteiger partial charge in [0.1, 0.15) is 11.5 Å². The van der Waals surface area contributed by atoms with Crippen LogP contribution < -0.4 is 11.1 Å². The van der Waals surface area contributed by atoms with Crippen molar-refractivity contribution in [2.45, 2.75) is 0 Å². The number of benzene rings is 1. The fraction of sp³-hybridized carbons (Fsp3) is 0. The molecule has 0 radical (unpaired) electrons. The molecule has 0 unspecified atom stereocenters. The average Bonchev–Trinajstić information content (AvgIpc) is 2.70. The van der Waals surface area contributed by atoms with Crippen LogP contribution >= 0.6 is 23.2 Å². The topological polar surface area (TPSA) is 83.8 Å². The third-order valence-corrected chi connectivity index (χ3v) is 2.58. The largest absolute Gasteiger partial charge is 0.382 e. The Hall–Kier alpha value is -1.72. The Morgan fingerprint density at radius 3 is 2.76 bits per heavy atom. The Morgan fingerprint density at radius 2 is 2.12 bits per heavy atom. The summed E-state index contributed by atoms with van der Waals surface area (Å²) < 4.78 is 0. The van der Waals surface area contributed by atoms with Crippen LogP contribution in [0.3, 0.4) is 0 Å². The Morgan fingerprint density at radius 1 is 1.35 bits per heavy atom. The maximum atomic E-state index is 11.8. The highest BCUT2D eigenvalue weighted by atomic mass is 35.5. The molecule has 5 nitrogen and oxygen atoms in total. The summed E-state index contributed by atoms with van der Waals surface area (Å²) in [5.41, 5.74) is 6.07. The number of aromatic nitrogens is 2. The molecule has 0 spiro atoms. The van der Waals surface area contributed by atoms with Gasteiger partial charge in [-0.2, -0.15) is 5.10 Å². The van der Waals surface area contributed by atoms with Gasteiger partial charge >= 0.3 is 0 Å². The van der Waals surface area contributed by atoms with Gasteiger partial charge in [-0.15, -0.1) is 0 Å². The second-order valence-electron chi connectivity index (χ2n) is 3.28. The number of H-pyrrole nitrogens is 1. The van der Waals surface area contributed by atoms with Crippen LogP contribution in [0.5, 0.6) is 0 Å². The van der Waals surface area contributed by atoms with Crippen molar-refractivity contribution >= 4 is 40.6 Å². The molecular formula is C10H8Cl2N4O. The summed E-state index contributed by atoms with van der Waals surface area (Å²) in [7, 11) is 0. The van der Waals surface area contributed by atoms with Crippen LogP contribution in [0.15, 0.2) is 24.3 Å². The first-order chi connectivity index (χ1) is 8.06. The van der Waals surface area contributed by atoms with Gasteiger partial charge in [0.25, 0.3) is 5.91 Å². The van der Waals surface area contributed by atoms with E-state index in [1.54, 1.807) is 18.2 Å². The lowest BCUT2D eigenvalue weighted by Gasteiger charge is -2.05. The number of amides is 1. The number of anilines is 2. The number of nitrogens with zero attached hydrogens (tertiary/aromatic N) is 1. The normalized spacial score (nSPS) is 10.2. The molecule has 1 aromatic carbocycles. The molecule has 0 aliphatic rings. The monoisotopic (exact) mass is 270 g/mol. The van der Waals surface area contributed by atoms with Crippen LogP contribution in [-0.4, -0.2) is 16.1 Å². The number of nitrogens with two attached hydrogens (primary N) is 1. The van der Waals surface area contributed by atoms with Gasteiger partial charge in [-0.25, -0.2) is 0 Å². The van der Waals surface area contributed by atoms with Crippen molar-refractivity contribution in [3.8, 4) is 0 Å². The minimum Gasteiger partial charge on any atom is -0.382 e. The summed E-state index contributed by atoms with van der Waals surface area (Å²) in [5, 5.41) is 9.63. The SMILES string of the molecule is Nc1cc(C(=O)Nc2cc(Cl)ccc2Cl)[nH]n1. The van der Waals surface area contributed by atoms with Crippen molar-refractivity contribution in [1.82, 2.24) is 10.2 Å². The van der Waals surface area contributed by atoms with Gasteiger partial charge in [-0.3, -0.25) is 9.89 Å². The van der Waals surface area contributed by atoms with E-state index < -0.39 is 5.91 Å². The van der Waals surface area contributed by atoms with Gasteiger partial charge < -0.3 is 11.1 Å². The van der Waals surface area contributed by atoms with Crippen molar-refractivity contribution < 1.29 is 4.79 Å². The smallest absolute Gasteiger partial charge is 0.273 e. The molecule has 0 atom stereocenters. The molecule has 1 amide bonds.